The van der Waals surface area contributed by atoms with Gasteiger partial charge in [-0.25, -0.2) is 8.78 Å². The Kier molecular flexibility index (Phi) is 4.40. The molecule has 2 N–H and O–H groups in total. The van der Waals surface area contributed by atoms with E-state index < -0.39 is 17.2 Å². The Bertz CT molecular complexity index is 583. The summed E-state index contributed by atoms with van der Waals surface area (Å²) in [6, 6.07) is 10.5. The van der Waals surface area contributed by atoms with Gasteiger partial charge in [0.2, 0.25) is 0 Å². The fourth-order valence-electron chi connectivity index (χ4n) is 1.93. The molecule has 2 aromatic rings. The second-order valence-corrected chi connectivity index (χ2v) is 5.70. The van der Waals surface area contributed by atoms with E-state index in [0.29, 0.717) is 5.56 Å². The van der Waals surface area contributed by atoms with Crippen molar-refractivity contribution in [2.75, 3.05) is 11.9 Å². The third kappa shape index (κ3) is 3.35. The standard InChI is InChI=1S/C15H14BrF2NO/c1-15(9-20,10-6-12(17)8-13(18)7-10)19-14-4-2-11(16)3-5-14/h2-8,19-20H,9H2,1H3. The number of anilines is 1. The molecule has 0 amide bonds. The highest BCUT2D eigenvalue weighted by Crippen LogP contribution is 2.27. The van der Waals surface area contributed by atoms with Gasteiger partial charge >= 0.3 is 0 Å². The molecule has 1 atom stereocenters. The quantitative estimate of drug-likeness (QED) is 0.879. The van der Waals surface area contributed by atoms with Crippen molar-refractivity contribution in [2.45, 2.75) is 12.5 Å². The largest absolute Gasteiger partial charge is 0.394 e. The van der Waals surface area contributed by atoms with Crippen LogP contribution in [-0.4, -0.2) is 11.7 Å². The molecular formula is C15H14BrF2NO. The van der Waals surface area contributed by atoms with E-state index in [-0.39, 0.29) is 6.61 Å². The van der Waals surface area contributed by atoms with Crippen molar-refractivity contribution in [1.29, 1.82) is 0 Å². The molecule has 106 valence electrons. The van der Waals surface area contributed by atoms with Crippen LogP contribution in [0.25, 0.3) is 0 Å². The first-order chi connectivity index (χ1) is 9.43. The van der Waals surface area contributed by atoms with E-state index >= 15 is 0 Å². The van der Waals surface area contributed by atoms with Gasteiger partial charge in [-0.2, -0.15) is 0 Å². The minimum atomic E-state index is -0.975. The van der Waals surface area contributed by atoms with Gasteiger partial charge in [0.15, 0.2) is 0 Å². The summed E-state index contributed by atoms with van der Waals surface area (Å²) in [5.41, 5.74) is 0.117. The van der Waals surface area contributed by atoms with Crippen LogP contribution in [0.2, 0.25) is 0 Å². The Morgan fingerprint density at radius 3 is 2.15 bits per heavy atom. The summed E-state index contributed by atoms with van der Waals surface area (Å²) in [7, 11) is 0. The normalized spacial score (nSPS) is 13.8. The van der Waals surface area contributed by atoms with Crippen LogP contribution in [-0.2, 0) is 5.54 Å². The fourth-order valence-corrected chi connectivity index (χ4v) is 2.19. The maximum atomic E-state index is 13.3. The Hall–Kier alpha value is -1.46. The van der Waals surface area contributed by atoms with Crippen molar-refractivity contribution < 1.29 is 13.9 Å². The van der Waals surface area contributed by atoms with Crippen molar-refractivity contribution in [1.82, 2.24) is 0 Å². The Morgan fingerprint density at radius 1 is 1.10 bits per heavy atom. The van der Waals surface area contributed by atoms with E-state index in [0.717, 1.165) is 16.2 Å². The molecule has 2 rings (SSSR count). The van der Waals surface area contributed by atoms with Crippen LogP contribution in [0.15, 0.2) is 46.9 Å². The highest BCUT2D eigenvalue weighted by Gasteiger charge is 2.26. The summed E-state index contributed by atoms with van der Waals surface area (Å²) < 4.78 is 27.6. The molecule has 2 nitrogen and oxygen atoms in total. The molecule has 0 aromatic heterocycles. The van der Waals surface area contributed by atoms with E-state index in [4.69, 9.17) is 0 Å². The summed E-state index contributed by atoms with van der Waals surface area (Å²) in [6.07, 6.45) is 0. The number of halogens is 3. The van der Waals surface area contributed by atoms with Crippen LogP contribution in [0.4, 0.5) is 14.5 Å². The Morgan fingerprint density at radius 2 is 1.65 bits per heavy atom. The van der Waals surface area contributed by atoms with Crippen molar-refractivity contribution in [3.05, 3.63) is 64.1 Å². The van der Waals surface area contributed by atoms with Crippen molar-refractivity contribution >= 4 is 21.6 Å². The summed E-state index contributed by atoms with van der Waals surface area (Å²) in [6.45, 7) is 1.38. The van der Waals surface area contributed by atoms with E-state index in [1.54, 1.807) is 6.92 Å². The monoisotopic (exact) mass is 341 g/mol. The van der Waals surface area contributed by atoms with Crippen LogP contribution in [0, 0.1) is 11.6 Å². The minimum absolute atomic E-state index is 0.300. The van der Waals surface area contributed by atoms with Crippen LogP contribution in [0.3, 0.4) is 0 Å². The molecule has 0 saturated heterocycles. The second-order valence-electron chi connectivity index (χ2n) is 4.78. The first kappa shape index (κ1) is 14.9. The number of aliphatic hydroxyl groups excluding tert-OH is 1. The third-order valence-electron chi connectivity index (χ3n) is 3.08. The fraction of sp³-hybridized carbons (Fsp3) is 0.200. The lowest BCUT2D eigenvalue weighted by molar-refractivity contribution is 0.223. The molecule has 0 heterocycles. The Labute approximate surface area is 124 Å². The van der Waals surface area contributed by atoms with Crippen LogP contribution in [0.1, 0.15) is 12.5 Å². The van der Waals surface area contributed by atoms with Gasteiger partial charge in [0, 0.05) is 16.2 Å². The smallest absolute Gasteiger partial charge is 0.126 e. The second kappa shape index (κ2) is 5.89. The first-order valence-electron chi connectivity index (χ1n) is 6.04. The van der Waals surface area contributed by atoms with Crippen LogP contribution < -0.4 is 5.32 Å². The number of rotatable bonds is 4. The molecule has 5 heteroatoms. The van der Waals surface area contributed by atoms with Gasteiger partial charge in [-0.05, 0) is 48.9 Å². The topological polar surface area (TPSA) is 32.3 Å². The van der Waals surface area contributed by atoms with E-state index in [2.05, 4.69) is 21.2 Å². The lowest BCUT2D eigenvalue weighted by atomic mass is 9.92. The maximum absolute atomic E-state index is 13.3. The molecule has 0 aliphatic carbocycles. The average molecular weight is 342 g/mol. The summed E-state index contributed by atoms with van der Waals surface area (Å²) in [5, 5.41) is 12.7. The van der Waals surface area contributed by atoms with Gasteiger partial charge in [-0.15, -0.1) is 0 Å². The molecule has 0 bridgehead atoms. The predicted octanol–water partition coefficient (Wildman–Crippen LogP) is 4.05. The van der Waals surface area contributed by atoms with Gasteiger partial charge in [-0.1, -0.05) is 15.9 Å². The van der Waals surface area contributed by atoms with Crippen LogP contribution in [0.5, 0.6) is 0 Å². The summed E-state index contributed by atoms with van der Waals surface area (Å²) in [5.74, 6) is -1.34. The van der Waals surface area contributed by atoms with Crippen molar-refractivity contribution in [2.24, 2.45) is 0 Å². The van der Waals surface area contributed by atoms with E-state index in [1.807, 2.05) is 24.3 Å². The molecule has 1 unspecified atom stereocenters. The highest BCUT2D eigenvalue weighted by atomic mass is 79.9. The van der Waals surface area contributed by atoms with E-state index in [9.17, 15) is 13.9 Å². The van der Waals surface area contributed by atoms with Crippen molar-refractivity contribution in [3.63, 3.8) is 0 Å². The lowest BCUT2D eigenvalue weighted by Crippen LogP contribution is -2.36. The predicted molar refractivity (Wildman–Crippen MR) is 78.6 cm³/mol. The third-order valence-corrected chi connectivity index (χ3v) is 3.61. The lowest BCUT2D eigenvalue weighted by Gasteiger charge is -2.30. The van der Waals surface area contributed by atoms with Crippen molar-refractivity contribution in [3.8, 4) is 0 Å². The van der Waals surface area contributed by atoms with Gasteiger partial charge in [-0.3, -0.25) is 0 Å². The molecule has 0 radical (unpaired) electrons. The zero-order valence-corrected chi connectivity index (χ0v) is 12.4. The molecule has 0 spiro atoms. The summed E-state index contributed by atoms with van der Waals surface area (Å²) >= 11 is 3.33. The molecule has 0 aliphatic heterocycles. The first-order valence-corrected chi connectivity index (χ1v) is 6.83. The molecule has 0 aliphatic rings. The highest BCUT2D eigenvalue weighted by molar-refractivity contribution is 9.10. The maximum Gasteiger partial charge on any atom is 0.126 e. The Balaban J connectivity index is 2.35. The SMILES string of the molecule is CC(CO)(Nc1ccc(Br)cc1)c1cc(F)cc(F)c1. The van der Waals surface area contributed by atoms with Gasteiger partial charge in [0.1, 0.15) is 11.6 Å². The molecule has 20 heavy (non-hydrogen) atoms. The number of nitrogens with one attached hydrogen (secondary N) is 1. The average Bonchev–Trinajstić information content (AvgIpc) is 2.40. The zero-order valence-electron chi connectivity index (χ0n) is 10.8. The van der Waals surface area contributed by atoms with Gasteiger partial charge < -0.3 is 10.4 Å². The van der Waals surface area contributed by atoms with Gasteiger partial charge in [0.05, 0.1) is 12.1 Å². The molecule has 0 saturated carbocycles. The van der Waals surface area contributed by atoms with E-state index in [1.165, 1.54) is 12.1 Å². The molecular weight excluding hydrogens is 328 g/mol. The summed E-state index contributed by atoms with van der Waals surface area (Å²) in [4.78, 5) is 0. The number of hydrogen-bond donors (Lipinski definition) is 2. The van der Waals surface area contributed by atoms with Crippen LogP contribution >= 0.6 is 15.9 Å². The number of hydrogen-bond acceptors (Lipinski definition) is 2. The molecule has 0 fully saturated rings. The van der Waals surface area contributed by atoms with Gasteiger partial charge in [0.25, 0.3) is 0 Å². The number of aliphatic hydroxyl groups is 1. The minimum Gasteiger partial charge on any atom is -0.394 e. The zero-order chi connectivity index (χ0) is 14.8. The number of benzene rings is 2. The molecule has 2 aromatic carbocycles.